The maximum Gasteiger partial charge on any atom is 0.239 e. The van der Waals surface area contributed by atoms with Crippen molar-refractivity contribution in [2.24, 2.45) is 0 Å². The van der Waals surface area contributed by atoms with Crippen LogP contribution < -0.4 is 10.2 Å². The van der Waals surface area contributed by atoms with Crippen LogP contribution in [0.3, 0.4) is 0 Å². The van der Waals surface area contributed by atoms with Crippen molar-refractivity contribution in [1.82, 2.24) is 5.32 Å². The van der Waals surface area contributed by atoms with Gasteiger partial charge in [-0.2, -0.15) is 0 Å². The van der Waals surface area contributed by atoms with Gasteiger partial charge in [0.25, 0.3) is 0 Å². The van der Waals surface area contributed by atoms with Crippen molar-refractivity contribution in [1.29, 1.82) is 0 Å². The molecule has 0 saturated heterocycles. The maximum absolute atomic E-state index is 11.8. The van der Waals surface area contributed by atoms with Gasteiger partial charge in [0, 0.05) is 18.8 Å². The van der Waals surface area contributed by atoms with Crippen LogP contribution in [0.15, 0.2) is 30.3 Å². The first-order chi connectivity index (χ1) is 8.77. The van der Waals surface area contributed by atoms with Gasteiger partial charge in [-0.05, 0) is 25.5 Å². The number of hydrogen-bond donors (Lipinski definition) is 1. The van der Waals surface area contributed by atoms with Crippen molar-refractivity contribution in [3.05, 3.63) is 30.3 Å². The summed E-state index contributed by atoms with van der Waals surface area (Å²) < 4.78 is 0. The molecule has 1 aromatic rings. The Kier molecular flexibility index (Phi) is 6.92. The Labute approximate surface area is 110 Å². The van der Waals surface area contributed by atoms with Gasteiger partial charge in [0.15, 0.2) is 0 Å². The van der Waals surface area contributed by atoms with Crippen molar-refractivity contribution < 1.29 is 4.79 Å². The molecular weight excluding hydrogens is 224 g/mol. The van der Waals surface area contributed by atoms with Crippen LogP contribution in [0.1, 0.15) is 33.1 Å². The van der Waals surface area contributed by atoms with E-state index in [1.165, 1.54) is 12.8 Å². The minimum atomic E-state index is 0.108. The standard InChI is InChI=1S/C15H24N2O/c1-3-5-9-12-16-15(18)13-17(4-2)14-10-7-6-8-11-14/h6-8,10-11H,3-5,9,12-13H2,1-2H3,(H,16,18). The number of anilines is 1. The van der Waals surface area contributed by atoms with Gasteiger partial charge >= 0.3 is 0 Å². The third-order valence-corrected chi connectivity index (χ3v) is 2.94. The Hall–Kier alpha value is -1.51. The van der Waals surface area contributed by atoms with E-state index in [1.807, 2.05) is 30.3 Å². The van der Waals surface area contributed by atoms with Gasteiger partial charge in [0.2, 0.25) is 5.91 Å². The zero-order valence-corrected chi connectivity index (χ0v) is 11.5. The third kappa shape index (κ3) is 5.21. The molecule has 0 radical (unpaired) electrons. The smallest absolute Gasteiger partial charge is 0.239 e. The molecule has 0 heterocycles. The molecule has 1 rings (SSSR count). The highest BCUT2D eigenvalue weighted by atomic mass is 16.2. The molecular formula is C15H24N2O. The highest BCUT2D eigenvalue weighted by molar-refractivity contribution is 5.81. The van der Waals surface area contributed by atoms with Gasteiger partial charge in [-0.1, -0.05) is 38.0 Å². The zero-order chi connectivity index (χ0) is 13.2. The lowest BCUT2D eigenvalue weighted by Crippen LogP contribution is -2.37. The van der Waals surface area contributed by atoms with Crippen LogP contribution in [0.2, 0.25) is 0 Å². The van der Waals surface area contributed by atoms with E-state index < -0.39 is 0 Å². The molecule has 18 heavy (non-hydrogen) atoms. The molecule has 0 atom stereocenters. The summed E-state index contributed by atoms with van der Waals surface area (Å²) in [6.45, 7) is 6.30. The van der Waals surface area contributed by atoms with Crippen LogP contribution in [-0.2, 0) is 4.79 Å². The highest BCUT2D eigenvalue weighted by Crippen LogP contribution is 2.11. The van der Waals surface area contributed by atoms with Crippen LogP contribution in [0.25, 0.3) is 0 Å². The Balaban J connectivity index is 2.37. The van der Waals surface area contributed by atoms with E-state index in [-0.39, 0.29) is 5.91 Å². The third-order valence-electron chi connectivity index (χ3n) is 2.94. The molecule has 0 saturated carbocycles. The van der Waals surface area contributed by atoms with Crippen LogP contribution in [0.4, 0.5) is 5.69 Å². The number of benzene rings is 1. The van der Waals surface area contributed by atoms with E-state index in [1.54, 1.807) is 0 Å². The molecule has 3 heteroatoms. The monoisotopic (exact) mass is 248 g/mol. The molecule has 0 bridgehead atoms. The number of para-hydroxylation sites is 1. The number of hydrogen-bond acceptors (Lipinski definition) is 2. The van der Waals surface area contributed by atoms with E-state index in [0.717, 1.165) is 25.2 Å². The summed E-state index contributed by atoms with van der Waals surface area (Å²) >= 11 is 0. The molecule has 0 aromatic heterocycles. The van der Waals surface area contributed by atoms with Crippen LogP contribution in [0, 0.1) is 0 Å². The summed E-state index contributed by atoms with van der Waals surface area (Å²) in [6, 6.07) is 10.1. The number of amides is 1. The first-order valence-corrected chi connectivity index (χ1v) is 6.84. The first kappa shape index (κ1) is 14.6. The van der Waals surface area contributed by atoms with Crippen LogP contribution in [0.5, 0.6) is 0 Å². The van der Waals surface area contributed by atoms with Crippen LogP contribution >= 0.6 is 0 Å². The fraction of sp³-hybridized carbons (Fsp3) is 0.533. The first-order valence-electron chi connectivity index (χ1n) is 6.84. The summed E-state index contributed by atoms with van der Waals surface area (Å²) in [6.07, 6.45) is 3.43. The topological polar surface area (TPSA) is 32.3 Å². The summed E-state index contributed by atoms with van der Waals surface area (Å²) in [7, 11) is 0. The predicted molar refractivity (Wildman–Crippen MR) is 76.9 cm³/mol. The van der Waals surface area contributed by atoms with Crippen molar-refractivity contribution in [3.63, 3.8) is 0 Å². The molecule has 0 spiro atoms. The molecule has 3 nitrogen and oxygen atoms in total. The second kappa shape index (κ2) is 8.56. The van der Waals surface area contributed by atoms with Gasteiger partial charge in [0.1, 0.15) is 0 Å². The largest absolute Gasteiger partial charge is 0.363 e. The summed E-state index contributed by atoms with van der Waals surface area (Å²) in [5, 5.41) is 2.97. The molecule has 1 N–H and O–H groups in total. The number of unbranched alkanes of at least 4 members (excludes halogenated alkanes) is 2. The minimum Gasteiger partial charge on any atom is -0.363 e. The molecule has 1 aromatic carbocycles. The van der Waals surface area contributed by atoms with Gasteiger partial charge in [-0.25, -0.2) is 0 Å². The van der Waals surface area contributed by atoms with E-state index in [0.29, 0.717) is 6.54 Å². The highest BCUT2D eigenvalue weighted by Gasteiger charge is 2.08. The fourth-order valence-corrected chi connectivity index (χ4v) is 1.86. The lowest BCUT2D eigenvalue weighted by molar-refractivity contribution is -0.119. The Morgan fingerprint density at radius 1 is 1.17 bits per heavy atom. The van der Waals surface area contributed by atoms with Crippen molar-refractivity contribution >= 4 is 11.6 Å². The van der Waals surface area contributed by atoms with Crippen molar-refractivity contribution in [2.45, 2.75) is 33.1 Å². The summed E-state index contributed by atoms with van der Waals surface area (Å²) in [5.74, 6) is 0.108. The molecule has 100 valence electrons. The quantitative estimate of drug-likeness (QED) is 0.717. The van der Waals surface area contributed by atoms with E-state index in [2.05, 4.69) is 24.1 Å². The SMILES string of the molecule is CCCCCNC(=O)CN(CC)c1ccccc1. The number of carbonyl (C=O) groups is 1. The lowest BCUT2D eigenvalue weighted by atomic mass is 10.2. The summed E-state index contributed by atoms with van der Waals surface area (Å²) in [5.41, 5.74) is 1.10. The zero-order valence-electron chi connectivity index (χ0n) is 11.5. The number of nitrogens with zero attached hydrogens (tertiary/aromatic N) is 1. The number of carbonyl (C=O) groups excluding carboxylic acids is 1. The number of rotatable bonds is 8. The van der Waals surface area contributed by atoms with E-state index in [4.69, 9.17) is 0 Å². The predicted octanol–water partition coefficient (Wildman–Crippen LogP) is 2.82. The molecule has 1 amide bonds. The number of nitrogens with one attached hydrogen (secondary N) is 1. The van der Waals surface area contributed by atoms with Crippen molar-refractivity contribution in [2.75, 3.05) is 24.5 Å². The van der Waals surface area contributed by atoms with Gasteiger partial charge in [-0.15, -0.1) is 0 Å². The van der Waals surface area contributed by atoms with Crippen molar-refractivity contribution in [3.8, 4) is 0 Å². The Bertz CT molecular complexity index is 338. The van der Waals surface area contributed by atoms with Crippen LogP contribution in [-0.4, -0.2) is 25.5 Å². The molecule has 0 aliphatic carbocycles. The maximum atomic E-state index is 11.8. The average Bonchev–Trinajstić information content (AvgIpc) is 2.42. The molecule has 0 unspecified atom stereocenters. The average molecular weight is 248 g/mol. The number of likely N-dealkylation sites (N-methyl/N-ethyl adjacent to an activating group) is 1. The Morgan fingerprint density at radius 2 is 1.89 bits per heavy atom. The van der Waals surface area contributed by atoms with E-state index in [9.17, 15) is 4.79 Å². The minimum absolute atomic E-state index is 0.108. The second-order valence-electron chi connectivity index (χ2n) is 4.41. The van der Waals surface area contributed by atoms with Gasteiger partial charge < -0.3 is 10.2 Å². The van der Waals surface area contributed by atoms with Gasteiger partial charge in [-0.3, -0.25) is 4.79 Å². The normalized spacial score (nSPS) is 10.1. The second-order valence-corrected chi connectivity index (χ2v) is 4.41. The summed E-state index contributed by atoms with van der Waals surface area (Å²) in [4.78, 5) is 13.9. The molecule has 0 aliphatic heterocycles. The molecule has 0 aliphatic rings. The molecule has 0 fully saturated rings. The van der Waals surface area contributed by atoms with Gasteiger partial charge in [0.05, 0.1) is 6.54 Å². The van der Waals surface area contributed by atoms with E-state index >= 15 is 0 Å². The Morgan fingerprint density at radius 3 is 2.50 bits per heavy atom. The fourth-order valence-electron chi connectivity index (χ4n) is 1.86. The lowest BCUT2D eigenvalue weighted by Gasteiger charge is -2.22.